The minimum atomic E-state index is -0.419. The van der Waals surface area contributed by atoms with Crippen molar-refractivity contribution in [2.24, 2.45) is 0 Å². The molecule has 3 rings (SSSR count). The predicted octanol–water partition coefficient (Wildman–Crippen LogP) is 2.84. The Hall–Kier alpha value is -1.62. The van der Waals surface area contributed by atoms with Gasteiger partial charge in [-0.3, -0.25) is 9.88 Å². The highest BCUT2D eigenvalue weighted by molar-refractivity contribution is 5.68. The smallest absolute Gasteiger partial charge is 0.410 e. The van der Waals surface area contributed by atoms with Gasteiger partial charge in [0.25, 0.3) is 0 Å². The van der Waals surface area contributed by atoms with Crippen LogP contribution < -0.4 is 0 Å². The van der Waals surface area contributed by atoms with Crippen LogP contribution in [0.4, 0.5) is 4.79 Å². The zero-order valence-electron chi connectivity index (χ0n) is 14.4. The Morgan fingerprint density at radius 1 is 1.22 bits per heavy atom. The third kappa shape index (κ3) is 4.02. The Morgan fingerprint density at radius 3 is 2.65 bits per heavy atom. The predicted molar refractivity (Wildman–Crippen MR) is 89.2 cm³/mol. The van der Waals surface area contributed by atoms with Crippen molar-refractivity contribution in [3.05, 3.63) is 29.6 Å². The molecule has 0 saturated carbocycles. The van der Waals surface area contributed by atoms with E-state index in [4.69, 9.17) is 4.74 Å². The fraction of sp³-hybridized carbons (Fsp3) is 0.667. The highest BCUT2D eigenvalue weighted by atomic mass is 16.6. The molecule has 5 heteroatoms. The monoisotopic (exact) mass is 317 g/mol. The Kier molecular flexibility index (Phi) is 4.57. The van der Waals surface area contributed by atoms with Gasteiger partial charge in [-0.15, -0.1) is 0 Å². The zero-order valence-corrected chi connectivity index (χ0v) is 14.4. The molecule has 1 aromatic rings. The first kappa shape index (κ1) is 16.2. The van der Waals surface area contributed by atoms with Gasteiger partial charge >= 0.3 is 6.09 Å². The molecule has 1 fully saturated rings. The van der Waals surface area contributed by atoms with Crippen molar-refractivity contribution in [1.29, 1.82) is 0 Å². The van der Waals surface area contributed by atoms with Crippen molar-refractivity contribution in [3.8, 4) is 0 Å². The van der Waals surface area contributed by atoms with Crippen LogP contribution in [-0.2, 0) is 17.7 Å². The topological polar surface area (TPSA) is 45.7 Å². The number of likely N-dealkylation sites (tertiary alicyclic amines) is 1. The summed E-state index contributed by atoms with van der Waals surface area (Å²) in [6.07, 6.45) is 6.85. The van der Waals surface area contributed by atoms with E-state index in [0.29, 0.717) is 6.04 Å². The first-order valence-corrected chi connectivity index (χ1v) is 8.56. The summed E-state index contributed by atoms with van der Waals surface area (Å²) in [5, 5.41) is 0. The maximum atomic E-state index is 12.1. The van der Waals surface area contributed by atoms with E-state index in [0.717, 1.165) is 45.4 Å². The second kappa shape index (κ2) is 6.48. The number of hydrogen-bond donors (Lipinski definition) is 0. The second-order valence-corrected chi connectivity index (χ2v) is 7.56. The largest absolute Gasteiger partial charge is 0.444 e. The van der Waals surface area contributed by atoms with Gasteiger partial charge in [0.2, 0.25) is 0 Å². The summed E-state index contributed by atoms with van der Waals surface area (Å²) in [6.45, 7) is 9.41. The molecule has 1 aromatic heterocycles. The van der Waals surface area contributed by atoms with Crippen LogP contribution in [0.3, 0.4) is 0 Å². The second-order valence-electron chi connectivity index (χ2n) is 7.56. The molecule has 1 amide bonds. The molecule has 1 saturated heterocycles. The Bertz CT molecular complexity index is 560. The fourth-order valence-electron chi connectivity index (χ4n) is 3.46. The molecule has 0 spiro atoms. The van der Waals surface area contributed by atoms with Crippen LogP contribution >= 0.6 is 0 Å². The number of pyridine rings is 1. The Morgan fingerprint density at radius 2 is 1.96 bits per heavy atom. The van der Waals surface area contributed by atoms with Crippen LogP contribution in [0, 0.1) is 0 Å². The first-order chi connectivity index (χ1) is 10.9. The van der Waals surface area contributed by atoms with E-state index in [9.17, 15) is 4.79 Å². The van der Waals surface area contributed by atoms with Crippen molar-refractivity contribution in [2.45, 2.75) is 58.2 Å². The van der Waals surface area contributed by atoms with Crippen LogP contribution in [0.25, 0.3) is 0 Å². The van der Waals surface area contributed by atoms with Gasteiger partial charge in [0.05, 0.1) is 0 Å². The van der Waals surface area contributed by atoms with E-state index in [1.807, 2.05) is 38.1 Å². The van der Waals surface area contributed by atoms with E-state index < -0.39 is 5.60 Å². The van der Waals surface area contributed by atoms with Gasteiger partial charge < -0.3 is 9.64 Å². The molecule has 0 bridgehead atoms. The lowest BCUT2D eigenvalue weighted by atomic mass is 9.97. The molecule has 0 aromatic carbocycles. The van der Waals surface area contributed by atoms with Gasteiger partial charge in [0.1, 0.15) is 5.60 Å². The molecule has 5 nitrogen and oxygen atoms in total. The number of amides is 1. The number of piperidine rings is 1. The van der Waals surface area contributed by atoms with Crippen molar-refractivity contribution < 1.29 is 9.53 Å². The summed E-state index contributed by atoms with van der Waals surface area (Å²) >= 11 is 0. The van der Waals surface area contributed by atoms with Gasteiger partial charge in [-0.1, -0.05) is 0 Å². The third-order valence-corrected chi connectivity index (χ3v) is 4.68. The van der Waals surface area contributed by atoms with E-state index >= 15 is 0 Å². The van der Waals surface area contributed by atoms with Gasteiger partial charge in [-0.2, -0.15) is 0 Å². The lowest BCUT2D eigenvalue weighted by Crippen LogP contribution is -2.49. The average Bonchev–Trinajstić information content (AvgIpc) is 2.53. The maximum Gasteiger partial charge on any atom is 0.410 e. The number of ether oxygens (including phenoxy) is 1. The average molecular weight is 317 g/mol. The van der Waals surface area contributed by atoms with Crippen LogP contribution in [0.2, 0.25) is 0 Å². The van der Waals surface area contributed by atoms with Crippen LogP contribution in [0.5, 0.6) is 0 Å². The quantitative estimate of drug-likeness (QED) is 0.799. The minimum Gasteiger partial charge on any atom is -0.444 e. The van der Waals surface area contributed by atoms with E-state index in [1.165, 1.54) is 11.1 Å². The van der Waals surface area contributed by atoms with Gasteiger partial charge in [-0.25, -0.2) is 4.79 Å². The van der Waals surface area contributed by atoms with E-state index in [1.54, 1.807) is 0 Å². The van der Waals surface area contributed by atoms with E-state index in [-0.39, 0.29) is 6.09 Å². The lowest BCUT2D eigenvalue weighted by molar-refractivity contribution is 0.0134. The molecule has 0 radical (unpaired) electrons. The molecular formula is C18H27N3O2. The molecule has 2 aliphatic rings. The molecular weight excluding hydrogens is 290 g/mol. The van der Waals surface area contributed by atoms with Gasteiger partial charge in [0, 0.05) is 44.6 Å². The number of rotatable bonds is 1. The summed E-state index contributed by atoms with van der Waals surface area (Å²) in [5.41, 5.74) is 2.37. The van der Waals surface area contributed by atoms with Gasteiger partial charge in [-0.05, 0) is 57.2 Å². The van der Waals surface area contributed by atoms with Crippen molar-refractivity contribution >= 4 is 6.09 Å². The molecule has 3 heterocycles. The van der Waals surface area contributed by atoms with Gasteiger partial charge in [0.15, 0.2) is 0 Å². The summed E-state index contributed by atoms with van der Waals surface area (Å²) in [4.78, 5) is 20.8. The highest BCUT2D eigenvalue weighted by Gasteiger charge is 2.30. The molecule has 0 unspecified atom stereocenters. The normalized spacial score (nSPS) is 20.2. The van der Waals surface area contributed by atoms with Crippen molar-refractivity contribution in [2.75, 3.05) is 19.6 Å². The molecule has 0 N–H and O–H groups in total. The number of fused-ring (bicyclic) bond motifs is 1. The van der Waals surface area contributed by atoms with Crippen molar-refractivity contribution in [1.82, 2.24) is 14.8 Å². The number of aromatic nitrogens is 1. The highest BCUT2D eigenvalue weighted by Crippen LogP contribution is 2.25. The number of carbonyl (C=O) groups is 1. The summed E-state index contributed by atoms with van der Waals surface area (Å²) in [5.74, 6) is 0. The fourth-order valence-corrected chi connectivity index (χ4v) is 3.46. The minimum absolute atomic E-state index is 0.177. The van der Waals surface area contributed by atoms with Crippen LogP contribution in [0.1, 0.15) is 44.7 Å². The third-order valence-electron chi connectivity index (χ3n) is 4.68. The van der Waals surface area contributed by atoms with E-state index in [2.05, 4.69) is 16.0 Å². The van der Waals surface area contributed by atoms with Crippen molar-refractivity contribution in [3.63, 3.8) is 0 Å². The van der Waals surface area contributed by atoms with Crippen LogP contribution in [-0.4, -0.2) is 52.2 Å². The summed E-state index contributed by atoms with van der Waals surface area (Å²) in [6, 6.07) is 2.69. The SMILES string of the molecule is CC(C)(C)OC(=O)N1CCC(N2CCc3ccncc3C2)CC1. The standard InChI is InChI=1S/C18H27N3O2/c1-18(2,3)23-17(22)20-10-6-16(7-11-20)21-9-5-14-4-8-19-12-15(14)13-21/h4,8,12,16H,5-7,9-11,13H2,1-3H3. The molecule has 126 valence electrons. The Labute approximate surface area is 138 Å². The molecule has 23 heavy (non-hydrogen) atoms. The molecule has 0 atom stereocenters. The first-order valence-electron chi connectivity index (χ1n) is 8.56. The van der Waals surface area contributed by atoms with Crippen LogP contribution in [0.15, 0.2) is 18.5 Å². The number of hydrogen-bond acceptors (Lipinski definition) is 4. The summed E-state index contributed by atoms with van der Waals surface area (Å²) < 4.78 is 5.47. The maximum absolute atomic E-state index is 12.1. The Balaban J connectivity index is 1.53. The zero-order chi connectivity index (χ0) is 16.4. The lowest BCUT2D eigenvalue weighted by Gasteiger charge is -2.40. The molecule has 0 aliphatic carbocycles. The number of nitrogens with zero attached hydrogens (tertiary/aromatic N) is 3. The number of carbonyl (C=O) groups excluding carboxylic acids is 1. The summed E-state index contributed by atoms with van der Waals surface area (Å²) in [7, 11) is 0. The molecule has 2 aliphatic heterocycles.